The van der Waals surface area contributed by atoms with Crippen LogP contribution in [0.15, 0.2) is 0 Å². The van der Waals surface area contributed by atoms with Gasteiger partial charge < -0.3 is 6.92 Å². The van der Waals surface area contributed by atoms with Crippen molar-refractivity contribution in [2.45, 2.75) is 19.5 Å². The van der Waals surface area contributed by atoms with Crippen LogP contribution >= 0.6 is 13.6 Å². The summed E-state index contributed by atoms with van der Waals surface area (Å²) in [7, 11) is 0. The Balaban J connectivity index is 0. The summed E-state index contributed by atoms with van der Waals surface area (Å²) in [6.45, 7) is 5.92. The third-order valence-corrected chi connectivity index (χ3v) is 0. The van der Waals surface area contributed by atoms with Crippen LogP contribution in [0.4, 0.5) is 4.39 Å². The second-order valence-corrected chi connectivity index (χ2v) is 1.72. The molecule has 0 aromatic carbocycles. The van der Waals surface area contributed by atoms with Crippen LogP contribution in [0.5, 0.6) is 0 Å². The van der Waals surface area contributed by atoms with E-state index in [9.17, 15) is 4.39 Å². The zero-order valence-electron chi connectivity index (χ0n) is 4.67. The van der Waals surface area contributed by atoms with Gasteiger partial charge in [-0.15, -0.1) is 0 Å². The average molecular weight is 220 g/mol. The maximum absolute atomic E-state index is 11.6. The molecule has 0 aromatic heterocycles. The molecule has 0 radical (unpaired) electrons. The van der Waals surface area contributed by atoms with Crippen LogP contribution in [0.3, 0.4) is 0 Å². The molecule has 3 heteroatoms. The predicted octanol–water partition coefficient (Wildman–Crippen LogP) is 2.41. The van der Waals surface area contributed by atoms with Crippen molar-refractivity contribution < 1.29 is 20.7 Å². The first-order valence-electron chi connectivity index (χ1n) is 1.81. The van der Waals surface area contributed by atoms with Crippen molar-refractivity contribution in [1.82, 2.24) is 0 Å². The van der Waals surface area contributed by atoms with E-state index < -0.39 is 5.67 Å². The summed E-state index contributed by atoms with van der Waals surface area (Å²) in [5.74, 6) is 0. The molecule has 0 aliphatic carbocycles. The molecule has 0 amide bonds. The minimum atomic E-state index is -1.25. The van der Waals surface area contributed by atoms with Crippen molar-refractivity contribution in [3.8, 4) is 0 Å². The fourth-order valence-electron chi connectivity index (χ4n) is 0. The number of alkyl halides is 1. The Hall–Kier alpha value is 1.03. The van der Waals surface area contributed by atoms with Crippen LogP contribution in [0, 0.1) is 6.92 Å². The first kappa shape index (κ1) is 10.9. The number of hydrogen-bond acceptors (Lipinski definition) is 0. The van der Waals surface area contributed by atoms with Gasteiger partial charge in [-0.25, -0.2) is 0 Å². The summed E-state index contributed by atoms with van der Waals surface area (Å²) in [6, 6.07) is 0. The second kappa shape index (κ2) is 5.18. The Kier molecular flexibility index (Phi) is 8.07. The molecule has 0 rings (SSSR count). The van der Waals surface area contributed by atoms with Crippen LogP contribution in [0.2, 0.25) is 0 Å². The van der Waals surface area contributed by atoms with E-state index in [1.165, 1.54) is 30.2 Å². The van der Waals surface area contributed by atoms with Gasteiger partial charge in [-0.2, -0.15) is 0 Å². The van der Waals surface area contributed by atoms with Gasteiger partial charge in [-0.3, -0.25) is 4.39 Å². The molecule has 0 atom stereocenters. The van der Waals surface area contributed by atoms with Crippen LogP contribution in [0.1, 0.15) is 13.8 Å². The summed E-state index contributed by atoms with van der Waals surface area (Å²) in [5.41, 5.74) is -1.25. The van der Waals surface area contributed by atoms with Gasteiger partial charge in [0.15, 0.2) is 0 Å². The topological polar surface area (TPSA) is 0 Å². The molecule has 0 spiro atoms. The molecule has 0 N–H and O–H groups in total. The monoisotopic (exact) mass is 218 g/mol. The normalized spacial score (nSPS) is 9.57. The molecular weight excluding hydrogens is 212 g/mol. The first-order chi connectivity index (χ1) is 3.00. The molecule has 0 saturated heterocycles. The van der Waals surface area contributed by atoms with Gasteiger partial charge >= 0.3 is 30.0 Å². The Labute approximate surface area is 60.9 Å². The zero-order chi connectivity index (χ0) is 6.50. The molecule has 0 aliphatic heterocycles. The minimum absolute atomic E-state index is 1.19. The fraction of sp³-hybridized carbons (Fsp3) is 0.750. The molecule has 0 saturated carbocycles. The van der Waals surface area contributed by atoms with Gasteiger partial charge in [-0.1, -0.05) is 13.8 Å². The summed E-state index contributed by atoms with van der Waals surface area (Å²) in [5, 5.41) is 0. The molecule has 0 heterocycles. The van der Waals surface area contributed by atoms with E-state index in [0.717, 1.165) is 0 Å². The summed E-state index contributed by atoms with van der Waals surface area (Å²) in [6.07, 6.45) is 0. The van der Waals surface area contributed by atoms with Crippen LogP contribution in [-0.2, 0) is 16.3 Å². The SMILES string of the molecule is [CH2-]C(C)(C)F.[Zn+][Br]. The van der Waals surface area contributed by atoms with Gasteiger partial charge in [-0.05, 0) is 5.67 Å². The molecule has 0 nitrogen and oxygen atoms in total. The van der Waals surface area contributed by atoms with E-state index in [1.54, 1.807) is 0 Å². The Morgan fingerprint density at radius 1 is 1.57 bits per heavy atom. The summed E-state index contributed by atoms with van der Waals surface area (Å²) in [4.78, 5) is 0. The van der Waals surface area contributed by atoms with Crippen molar-refractivity contribution in [3.63, 3.8) is 0 Å². The Bertz CT molecular complexity index is 27.2. The predicted molar refractivity (Wildman–Crippen MR) is 29.5 cm³/mol. The van der Waals surface area contributed by atoms with Gasteiger partial charge in [0, 0.05) is 0 Å². The third-order valence-electron chi connectivity index (χ3n) is 0. The number of rotatable bonds is 0. The van der Waals surface area contributed by atoms with E-state index in [1.807, 2.05) is 0 Å². The number of halogens is 2. The molecule has 0 aliphatic rings. The maximum atomic E-state index is 11.6. The summed E-state index contributed by atoms with van der Waals surface area (Å²) < 4.78 is 11.6. The summed E-state index contributed by atoms with van der Waals surface area (Å²) >= 11 is 4.25. The fourth-order valence-corrected chi connectivity index (χ4v) is 0. The molecule has 0 aromatic rings. The molecule has 0 fully saturated rings. The van der Waals surface area contributed by atoms with Gasteiger partial charge in [0.25, 0.3) is 0 Å². The zero-order valence-corrected chi connectivity index (χ0v) is 9.22. The van der Waals surface area contributed by atoms with E-state index in [0.29, 0.717) is 0 Å². The standard InChI is InChI=1S/C4H8F.BrH.Zn/c1-4(2,3)5;;/h1H2,2-3H3;1H;/q-1;;+2/p-1. The molecule has 7 heavy (non-hydrogen) atoms. The van der Waals surface area contributed by atoms with Crippen molar-refractivity contribution in [2.24, 2.45) is 0 Å². The Morgan fingerprint density at radius 2 is 1.57 bits per heavy atom. The molecular formula is C4H8BrFZn. The van der Waals surface area contributed by atoms with E-state index in [4.69, 9.17) is 0 Å². The molecule has 40 valence electrons. The van der Waals surface area contributed by atoms with Crippen molar-refractivity contribution >= 4 is 13.6 Å². The van der Waals surface area contributed by atoms with Gasteiger partial charge in [0.1, 0.15) is 0 Å². The third kappa shape index (κ3) is 167. The quantitative estimate of drug-likeness (QED) is 0.434. The van der Waals surface area contributed by atoms with Crippen LogP contribution in [-0.4, -0.2) is 5.67 Å². The Morgan fingerprint density at radius 3 is 1.57 bits per heavy atom. The van der Waals surface area contributed by atoms with Crippen LogP contribution in [0.25, 0.3) is 0 Å². The van der Waals surface area contributed by atoms with Crippen molar-refractivity contribution in [1.29, 1.82) is 0 Å². The molecule has 0 bridgehead atoms. The number of hydrogen-bond donors (Lipinski definition) is 0. The van der Waals surface area contributed by atoms with E-state index in [-0.39, 0.29) is 0 Å². The van der Waals surface area contributed by atoms with E-state index >= 15 is 0 Å². The second-order valence-electron chi connectivity index (χ2n) is 1.72. The van der Waals surface area contributed by atoms with Crippen LogP contribution < -0.4 is 0 Å². The van der Waals surface area contributed by atoms with E-state index in [2.05, 4.69) is 20.5 Å². The molecule has 0 unspecified atom stereocenters. The van der Waals surface area contributed by atoms with Gasteiger partial charge in [0.05, 0.1) is 0 Å². The van der Waals surface area contributed by atoms with Gasteiger partial charge in [0.2, 0.25) is 0 Å². The first-order valence-corrected chi connectivity index (χ1v) is 8.76. The van der Waals surface area contributed by atoms with Crippen molar-refractivity contribution in [3.05, 3.63) is 6.92 Å². The van der Waals surface area contributed by atoms with Crippen molar-refractivity contribution in [2.75, 3.05) is 0 Å². The average Bonchev–Trinajstić information content (AvgIpc) is 1.36.